The van der Waals surface area contributed by atoms with Crippen LogP contribution in [0.2, 0.25) is 0 Å². The quantitative estimate of drug-likeness (QED) is 0.241. The molecular formula is C32H36N2O7S. The van der Waals surface area contributed by atoms with Gasteiger partial charge in [-0.05, 0) is 49.2 Å². The lowest BCUT2D eigenvalue weighted by Crippen LogP contribution is -2.42. The van der Waals surface area contributed by atoms with Gasteiger partial charge in [-0.25, -0.2) is 18.5 Å². The third-order valence-electron chi connectivity index (χ3n) is 7.50. The normalized spacial score (nSPS) is 21.7. The molecule has 1 saturated heterocycles. The van der Waals surface area contributed by atoms with Crippen LogP contribution in [-0.4, -0.2) is 44.1 Å². The van der Waals surface area contributed by atoms with Crippen molar-refractivity contribution in [3.63, 3.8) is 0 Å². The van der Waals surface area contributed by atoms with Crippen molar-refractivity contribution in [1.29, 1.82) is 0 Å². The third-order valence-corrected chi connectivity index (χ3v) is 8.43. The van der Waals surface area contributed by atoms with E-state index in [2.05, 4.69) is 31.0 Å². The van der Waals surface area contributed by atoms with E-state index in [1.807, 2.05) is 42.5 Å². The lowest BCUT2D eigenvalue weighted by atomic mass is 9.81. The Morgan fingerprint density at radius 2 is 1.69 bits per heavy atom. The Balaban J connectivity index is 1.32. The number of ether oxygens (including phenoxy) is 3. The zero-order chi connectivity index (χ0) is 29.9. The molecule has 1 fully saturated rings. The number of primary sulfonamides is 1. The molecule has 222 valence electrons. The van der Waals surface area contributed by atoms with Crippen molar-refractivity contribution in [1.82, 2.24) is 4.98 Å². The van der Waals surface area contributed by atoms with Crippen LogP contribution >= 0.6 is 0 Å². The molecule has 5 rings (SSSR count). The molecule has 3 unspecified atom stereocenters. The van der Waals surface area contributed by atoms with Crippen LogP contribution in [0.5, 0.6) is 0 Å². The van der Waals surface area contributed by atoms with Crippen LogP contribution in [-0.2, 0) is 42.9 Å². The molecule has 0 aliphatic carbocycles. The minimum absolute atomic E-state index is 0.00240. The topological polar surface area (TPSA) is 134 Å². The highest BCUT2D eigenvalue weighted by atomic mass is 32.2. The fourth-order valence-electron chi connectivity index (χ4n) is 5.61. The Bertz CT molecular complexity index is 1590. The Morgan fingerprint density at radius 1 is 1.00 bits per heavy atom. The SMILES string of the molecule is COC1(c2cccc(COC(O)Cc3nc(-c4ccccc4)c(-c4ccc(S(N)(=O)=O)cc4)o3)c2)CC(C)OC(C)C1. The van der Waals surface area contributed by atoms with Crippen molar-refractivity contribution >= 4 is 10.0 Å². The number of nitrogens with two attached hydrogens (primary N) is 1. The molecule has 4 aromatic rings. The summed E-state index contributed by atoms with van der Waals surface area (Å²) in [7, 11) is -2.10. The second-order valence-electron chi connectivity index (χ2n) is 10.8. The number of benzene rings is 3. The van der Waals surface area contributed by atoms with E-state index < -0.39 is 21.9 Å². The number of hydrogen-bond acceptors (Lipinski definition) is 8. The van der Waals surface area contributed by atoms with Crippen molar-refractivity contribution in [2.24, 2.45) is 5.14 Å². The molecule has 1 aromatic heterocycles. The number of oxazole rings is 1. The predicted molar refractivity (Wildman–Crippen MR) is 158 cm³/mol. The minimum atomic E-state index is -3.83. The van der Waals surface area contributed by atoms with Crippen molar-refractivity contribution in [3.8, 4) is 22.6 Å². The highest BCUT2D eigenvalue weighted by molar-refractivity contribution is 7.89. The molecule has 0 spiro atoms. The van der Waals surface area contributed by atoms with Gasteiger partial charge in [-0.1, -0.05) is 54.6 Å². The van der Waals surface area contributed by atoms with E-state index in [-0.39, 0.29) is 36.0 Å². The predicted octanol–water partition coefficient (Wildman–Crippen LogP) is 5.16. The first-order valence-electron chi connectivity index (χ1n) is 13.8. The van der Waals surface area contributed by atoms with Gasteiger partial charge in [-0.2, -0.15) is 0 Å². The molecule has 3 atom stereocenters. The van der Waals surface area contributed by atoms with E-state index in [0.717, 1.165) is 29.5 Å². The van der Waals surface area contributed by atoms with Gasteiger partial charge < -0.3 is 23.7 Å². The van der Waals surface area contributed by atoms with Gasteiger partial charge in [0.25, 0.3) is 0 Å². The van der Waals surface area contributed by atoms with Gasteiger partial charge in [0.2, 0.25) is 15.9 Å². The van der Waals surface area contributed by atoms with Gasteiger partial charge in [-0.3, -0.25) is 0 Å². The summed E-state index contributed by atoms with van der Waals surface area (Å²) in [4.78, 5) is 4.65. The molecule has 0 amide bonds. The zero-order valence-corrected chi connectivity index (χ0v) is 24.7. The molecule has 0 radical (unpaired) electrons. The van der Waals surface area contributed by atoms with Crippen LogP contribution in [0.15, 0.2) is 88.2 Å². The van der Waals surface area contributed by atoms with E-state index in [1.54, 1.807) is 19.2 Å². The van der Waals surface area contributed by atoms with Crippen molar-refractivity contribution < 1.29 is 32.2 Å². The second-order valence-corrected chi connectivity index (χ2v) is 12.3. The molecular weight excluding hydrogens is 556 g/mol. The molecule has 10 heteroatoms. The smallest absolute Gasteiger partial charge is 0.238 e. The summed E-state index contributed by atoms with van der Waals surface area (Å²) < 4.78 is 47.3. The summed E-state index contributed by atoms with van der Waals surface area (Å²) in [6.07, 6.45) is 0.502. The Kier molecular flexibility index (Phi) is 8.93. The summed E-state index contributed by atoms with van der Waals surface area (Å²) in [6, 6.07) is 23.6. The van der Waals surface area contributed by atoms with Gasteiger partial charge in [-0.15, -0.1) is 0 Å². The maximum absolute atomic E-state index is 11.7. The summed E-state index contributed by atoms with van der Waals surface area (Å²) >= 11 is 0. The van der Waals surface area contributed by atoms with Gasteiger partial charge in [0.15, 0.2) is 12.1 Å². The summed E-state index contributed by atoms with van der Waals surface area (Å²) in [5.41, 5.74) is 3.52. The van der Waals surface area contributed by atoms with Crippen LogP contribution in [0.4, 0.5) is 0 Å². The van der Waals surface area contributed by atoms with Gasteiger partial charge in [0.05, 0.1) is 35.7 Å². The second kappa shape index (κ2) is 12.5. The van der Waals surface area contributed by atoms with E-state index in [4.69, 9.17) is 23.8 Å². The maximum Gasteiger partial charge on any atom is 0.238 e. The Hall–Kier alpha value is -3.38. The molecule has 0 bridgehead atoms. The molecule has 1 aliphatic rings. The first kappa shape index (κ1) is 30.1. The van der Waals surface area contributed by atoms with Crippen LogP contribution in [0, 0.1) is 0 Å². The number of aliphatic hydroxyl groups is 1. The third kappa shape index (κ3) is 6.81. The van der Waals surface area contributed by atoms with Crippen LogP contribution in [0.3, 0.4) is 0 Å². The van der Waals surface area contributed by atoms with Gasteiger partial charge >= 0.3 is 0 Å². The van der Waals surface area contributed by atoms with E-state index in [9.17, 15) is 13.5 Å². The minimum Gasteiger partial charge on any atom is -0.440 e. The monoisotopic (exact) mass is 592 g/mol. The summed E-state index contributed by atoms with van der Waals surface area (Å²) in [5.74, 6) is 0.728. The highest BCUT2D eigenvalue weighted by Crippen LogP contribution is 2.40. The van der Waals surface area contributed by atoms with Crippen LogP contribution in [0.25, 0.3) is 22.6 Å². The largest absolute Gasteiger partial charge is 0.440 e. The molecule has 9 nitrogen and oxygen atoms in total. The fraction of sp³-hybridized carbons (Fsp3) is 0.344. The first-order chi connectivity index (χ1) is 20.1. The van der Waals surface area contributed by atoms with Gasteiger partial charge in [0.1, 0.15) is 5.69 Å². The molecule has 3 aromatic carbocycles. The molecule has 1 aliphatic heterocycles. The molecule has 2 heterocycles. The van der Waals surface area contributed by atoms with Crippen LogP contribution in [0.1, 0.15) is 43.7 Å². The highest BCUT2D eigenvalue weighted by Gasteiger charge is 2.40. The Morgan fingerprint density at radius 3 is 2.33 bits per heavy atom. The van der Waals surface area contributed by atoms with Crippen molar-refractivity contribution in [3.05, 3.63) is 95.9 Å². The zero-order valence-electron chi connectivity index (χ0n) is 23.9. The summed E-state index contributed by atoms with van der Waals surface area (Å²) in [5, 5.41) is 16.0. The first-order valence-corrected chi connectivity index (χ1v) is 15.4. The molecule has 3 N–H and O–H groups in total. The number of rotatable bonds is 10. The van der Waals surface area contributed by atoms with E-state index >= 15 is 0 Å². The van der Waals surface area contributed by atoms with E-state index in [1.165, 1.54) is 12.1 Å². The van der Waals surface area contributed by atoms with E-state index in [0.29, 0.717) is 17.0 Å². The lowest BCUT2D eigenvalue weighted by Gasteiger charge is -2.42. The lowest BCUT2D eigenvalue weighted by molar-refractivity contribution is -0.152. The summed E-state index contributed by atoms with van der Waals surface area (Å²) in [6.45, 7) is 4.30. The standard InChI is InChI=1S/C32H36N2O7S/c1-21-18-32(38-3,19-22(2)40-21)26-11-7-8-23(16-26)20-39-29(35)17-28-34-30(24-9-5-4-6-10-24)31(41-28)25-12-14-27(15-13-25)42(33,36)37/h4-16,21-22,29,35H,17-20H2,1-3H3,(H2,33,36,37). The number of aliphatic hydroxyl groups excluding tert-OH is 1. The Labute approximate surface area is 246 Å². The van der Waals surface area contributed by atoms with Crippen molar-refractivity contribution in [2.75, 3.05) is 7.11 Å². The average molecular weight is 593 g/mol. The maximum atomic E-state index is 11.7. The number of nitrogens with zero attached hydrogens (tertiary/aromatic N) is 1. The number of aromatic nitrogens is 1. The average Bonchev–Trinajstić information content (AvgIpc) is 3.39. The number of sulfonamides is 1. The number of hydrogen-bond donors (Lipinski definition) is 2. The molecule has 0 saturated carbocycles. The van der Waals surface area contributed by atoms with Gasteiger partial charge in [0, 0.05) is 31.1 Å². The van der Waals surface area contributed by atoms with Crippen molar-refractivity contribution in [2.45, 2.75) is 68.7 Å². The molecule has 42 heavy (non-hydrogen) atoms. The van der Waals surface area contributed by atoms with Crippen LogP contribution < -0.4 is 5.14 Å². The number of methoxy groups -OCH3 is 1. The fourth-order valence-corrected chi connectivity index (χ4v) is 6.12.